The van der Waals surface area contributed by atoms with Crippen LogP contribution < -0.4 is 9.47 Å². The standard InChI is InChI=1S/C37H44O8S2/c1-28-12-18-34(19-13-28)46(38,39)44-24-6-8-30-16-22-36(42-3)32(26-30)10-5-11-33-27-31(17-23-37(33)43-4)9-7-25-45-47(40,41)35-20-14-29(2)15-21-35/h12-23,26-27H,5-11,24-25H2,1-4H3. The highest BCUT2D eigenvalue weighted by Crippen LogP contribution is 2.26. The molecular formula is C37H44O8S2. The molecule has 0 bridgehead atoms. The van der Waals surface area contributed by atoms with Crippen molar-refractivity contribution in [3.05, 3.63) is 118 Å². The second kappa shape index (κ2) is 16.9. The molecule has 0 saturated carbocycles. The van der Waals surface area contributed by atoms with E-state index in [1.165, 1.54) is 0 Å². The quantitative estimate of drug-likeness (QED) is 0.0805. The van der Waals surface area contributed by atoms with E-state index in [2.05, 4.69) is 12.1 Å². The van der Waals surface area contributed by atoms with E-state index in [0.29, 0.717) is 25.7 Å². The zero-order chi connectivity index (χ0) is 33.9. The fourth-order valence-electron chi connectivity index (χ4n) is 5.27. The molecule has 8 nitrogen and oxygen atoms in total. The molecule has 47 heavy (non-hydrogen) atoms. The molecule has 0 N–H and O–H groups in total. The minimum atomic E-state index is -3.78. The number of aryl methyl sites for hydroxylation is 6. The van der Waals surface area contributed by atoms with E-state index >= 15 is 0 Å². The first-order valence-corrected chi connectivity index (χ1v) is 18.6. The van der Waals surface area contributed by atoms with Crippen molar-refractivity contribution < 1.29 is 34.7 Å². The van der Waals surface area contributed by atoms with Crippen molar-refractivity contribution in [1.82, 2.24) is 0 Å². The first-order valence-electron chi connectivity index (χ1n) is 15.7. The number of hydrogen-bond donors (Lipinski definition) is 0. The minimum Gasteiger partial charge on any atom is -0.496 e. The Hall–Kier alpha value is -3.70. The smallest absolute Gasteiger partial charge is 0.296 e. The molecule has 0 atom stereocenters. The molecule has 4 aromatic carbocycles. The van der Waals surface area contributed by atoms with E-state index in [1.54, 1.807) is 62.8 Å². The minimum absolute atomic E-state index is 0.0996. The van der Waals surface area contributed by atoms with E-state index in [0.717, 1.165) is 64.1 Å². The predicted octanol–water partition coefficient (Wildman–Crippen LogP) is 7.17. The summed E-state index contributed by atoms with van der Waals surface area (Å²) in [4.78, 5) is 0.325. The summed E-state index contributed by atoms with van der Waals surface area (Å²) < 4.78 is 71.7. The van der Waals surface area contributed by atoms with Gasteiger partial charge in [0.2, 0.25) is 0 Å². The van der Waals surface area contributed by atoms with Gasteiger partial charge in [0.1, 0.15) is 11.5 Å². The molecule has 4 rings (SSSR count). The highest BCUT2D eigenvalue weighted by atomic mass is 32.2. The lowest BCUT2D eigenvalue weighted by molar-refractivity contribution is 0.311. The van der Waals surface area contributed by atoms with Crippen LogP contribution in [0.2, 0.25) is 0 Å². The molecule has 4 aromatic rings. The summed E-state index contributed by atoms with van der Waals surface area (Å²) in [5.74, 6) is 1.63. The van der Waals surface area contributed by atoms with Crippen LogP contribution in [0.15, 0.2) is 94.7 Å². The Kier molecular flexibility index (Phi) is 13.0. The van der Waals surface area contributed by atoms with Gasteiger partial charge in [-0.05, 0) is 117 Å². The Morgan fingerprint density at radius 2 is 0.872 bits per heavy atom. The lowest BCUT2D eigenvalue weighted by atomic mass is 9.98. The Morgan fingerprint density at radius 1 is 0.489 bits per heavy atom. The molecule has 0 aliphatic carbocycles. The van der Waals surface area contributed by atoms with Crippen molar-refractivity contribution in [3.63, 3.8) is 0 Å². The maximum atomic E-state index is 12.5. The average molecular weight is 681 g/mol. The molecule has 0 aliphatic heterocycles. The molecule has 0 saturated heterocycles. The summed E-state index contributed by atoms with van der Waals surface area (Å²) in [5, 5.41) is 0. The third kappa shape index (κ3) is 10.7. The van der Waals surface area contributed by atoms with Gasteiger partial charge in [0.05, 0.1) is 37.2 Å². The van der Waals surface area contributed by atoms with E-state index in [4.69, 9.17) is 17.8 Å². The van der Waals surface area contributed by atoms with E-state index < -0.39 is 20.2 Å². The van der Waals surface area contributed by atoms with Crippen LogP contribution >= 0.6 is 0 Å². The first kappa shape index (κ1) is 36.1. The van der Waals surface area contributed by atoms with Crippen LogP contribution in [0, 0.1) is 13.8 Å². The molecule has 10 heteroatoms. The lowest BCUT2D eigenvalue weighted by Gasteiger charge is -2.13. The molecule has 0 aliphatic rings. The van der Waals surface area contributed by atoms with Crippen molar-refractivity contribution in [1.29, 1.82) is 0 Å². The van der Waals surface area contributed by atoms with Crippen molar-refractivity contribution in [2.45, 2.75) is 68.6 Å². The Morgan fingerprint density at radius 3 is 1.23 bits per heavy atom. The molecule has 0 heterocycles. The maximum absolute atomic E-state index is 12.5. The van der Waals surface area contributed by atoms with Crippen LogP contribution in [0.25, 0.3) is 0 Å². The van der Waals surface area contributed by atoms with Crippen LogP contribution in [-0.4, -0.2) is 44.3 Å². The summed E-state index contributed by atoms with van der Waals surface area (Å²) >= 11 is 0. The fourth-order valence-corrected chi connectivity index (χ4v) is 7.16. The Balaban J connectivity index is 1.28. The zero-order valence-corrected chi connectivity index (χ0v) is 29.2. The summed E-state index contributed by atoms with van der Waals surface area (Å²) in [6, 6.07) is 25.4. The molecule has 0 amide bonds. The van der Waals surface area contributed by atoms with Gasteiger partial charge in [-0.15, -0.1) is 0 Å². The molecular weight excluding hydrogens is 637 g/mol. The number of methoxy groups -OCH3 is 2. The Labute approximate surface area is 279 Å². The Bertz CT molecular complexity index is 1680. The summed E-state index contributed by atoms with van der Waals surface area (Å²) in [5.41, 5.74) is 6.31. The third-order valence-electron chi connectivity index (χ3n) is 7.90. The van der Waals surface area contributed by atoms with Crippen molar-refractivity contribution in [3.8, 4) is 11.5 Å². The largest absolute Gasteiger partial charge is 0.496 e. The summed E-state index contributed by atoms with van der Waals surface area (Å²) in [7, 11) is -4.25. The second-order valence-corrected chi connectivity index (χ2v) is 14.8. The van der Waals surface area contributed by atoms with Gasteiger partial charge >= 0.3 is 0 Å². The third-order valence-corrected chi connectivity index (χ3v) is 10.6. The van der Waals surface area contributed by atoms with Crippen molar-refractivity contribution >= 4 is 20.2 Å². The van der Waals surface area contributed by atoms with Gasteiger partial charge in [0.25, 0.3) is 20.2 Å². The SMILES string of the molecule is COc1ccc(CCCOS(=O)(=O)c2ccc(C)cc2)cc1CCCc1cc(CCCOS(=O)(=O)c2ccc(C)cc2)ccc1OC. The van der Waals surface area contributed by atoms with Gasteiger partial charge in [-0.25, -0.2) is 0 Å². The van der Waals surface area contributed by atoms with Crippen LogP contribution in [-0.2, 0) is 54.3 Å². The monoisotopic (exact) mass is 680 g/mol. The number of rotatable bonds is 18. The maximum Gasteiger partial charge on any atom is 0.296 e. The molecule has 0 aromatic heterocycles. The average Bonchev–Trinajstić information content (AvgIpc) is 3.06. The summed E-state index contributed by atoms with van der Waals surface area (Å²) in [6.07, 6.45) is 4.89. The van der Waals surface area contributed by atoms with Crippen LogP contribution in [0.3, 0.4) is 0 Å². The zero-order valence-electron chi connectivity index (χ0n) is 27.5. The van der Waals surface area contributed by atoms with Gasteiger partial charge in [-0.2, -0.15) is 16.8 Å². The molecule has 0 fully saturated rings. The van der Waals surface area contributed by atoms with Gasteiger partial charge < -0.3 is 9.47 Å². The number of ether oxygens (including phenoxy) is 2. The lowest BCUT2D eigenvalue weighted by Crippen LogP contribution is -2.08. The number of hydrogen-bond acceptors (Lipinski definition) is 8. The second-order valence-electron chi connectivity index (χ2n) is 11.5. The fraction of sp³-hybridized carbons (Fsp3) is 0.351. The normalized spacial score (nSPS) is 11.8. The molecule has 0 radical (unpaired) electrons. The van der Waals surface area contributed by atoms with Crippen molar-refractivity contribution in [2.75, 3.05) is 27.4 Å². The van der Waals surface area contributed by atoms with Gasteiger partial charge in [0.15, 0.2) is 0 Å². The first-order chi connectivity index (χ1) is 22.5. The highest BCUT2D eigenvalue weighted by molar-refractivity contribution is 7.87. The number of benzene rings is 4. The van der Waals surface area contributed by atoms with E-state index in [9.17, 15) is 16.8 Å². The topological polar surface area (TPSA) is 105 Å². The van der Waals surface area contributed by atoms with Crippen LogP contribution in [0.1, 0.15) is 52.6 Å². The van der Waals surface area contributed by atoms with Crippen LogP contribution in [0.5, 0.6) is 11.5 Å². The molecule has 252 valence electrons. The van der Waals surface area contributed by atoms with E-state index in [-0.39, 0.29) is 23.0 Å². The van der Waals surface area contributed by atoms with Crippen molar-refractivity contribution in [2.24, 2.45) is 0 Å². The highest BCUT2D eigenvalue weighted by Gasteiger charge is 2.16. The predicted molar refractivity (Wildman–Crippen MR) is 183 cm³/mol. The van der Waals surface area contributed by atoms with E-state index in [1.807, 2.05) is 38.1 Å². The van der Waals surface area contributed by atoms with Gasteiger partial charge in [-0.1, -0.05) is 59.7 Å². The molecule has 0 unspecified atom stereocenters. The van der Waals surface area contributed by atoms with Crippen LogP contribution in [0.4, 0.5) is 0 Å². The van der Waals surface area contributed by atoms with Gasteiger partial charge in [-0.3, -0.25) is 8.37 Å². The van der Waals surface area contributed by atoms with Gasteiger partial charge in [0, 0.05) is 0 Å². The molecule has 0 spiro atoms. The summed E-state index contributed by atoms with van der Waals surface area (Å²) in [6.45, 7) is 4.01.